The van der Waals surface area contributed by atoms with Crippen molar-refractivity contribution in [3.63, 3.8) is 0 Å². The molecule has 19 heavy (non-hydrogen) atoms. The Morgan fingerprint density at radius 2 is 2.16 bits per heavy atom. The maximum atomic E-state index is 9.35. The highest BCUT2D eigenvalue weighted by Crippen LogP contribution is 2.36. The minimum atomic E-state index is -0.302. The normalized spacial score (nSPS) is 15.9. The zero-order chi connectivity index (χ0) is 13.1. The maximum Gasteiger partial charge on any atom is 0.138 e. The molecule has 1 N–H and O–H groups in total. The average Bonchev–Trinajstić information content (AvgIpc) is 3.19. The summed E-state index contributed by atoms with van der Waals surface area (Å²) >= 11 is 0. The van der Waals surface area contributed by atoms with Gasteiger partial charge >= 0.3 is 0 Å². The lowest BCUT2D eigenvalue weighted by Crippen LogP contribution is -2.21. The third-order valence-corrected chi connectivity index (χ3v) is 3.41. The van der Waals surface area contributed by atoms with Gasteiger partial charge in [-0.25, -0.2) is 4.98 Å². The van der Waals surface area contributed by atoms with Gasteiger partial charge in [-0.15, -0.1) is 0 Å². The molecule has 0 amide bonds. The standard InChI is InChI=1S/C15H16N4/c16-8-14(18-9-12-4-2-1-3-5-12)15-10-17-11-19(15)13-6-7-13/h1-5,10-11,13-14,18H,6-7,9H2. The van der Waals surface area contributed by atoms with Gasteiger partial charge in [0.25, 0.3) is 0 Å². The van der Waals surface area contributed by atoms with E-state index in [1.54, 1.807) is 6.20 Å². The highest BCUT2D eigenvalue weighted by Gasteiger charge is 2.27. The molecule has 0 radical (unpaired) electrons. The summed E-state index contributed by atoms with van der Waals surface area (Å²) in [7, 11) is 0. The van der Waals surface area contributed by atoms with E-state index in [2.05, 4.69) is 33.1 Å². The van der Waals surface area contributed by atoms with Gasteiger partial charge < -0.3 is 4.57 Å². The first kappa shape index (κ1) is 11.9. The Morgan fingerprint density at radius 1 is 1.37 bits per heavy atom. The molecule has 96 valence electrons. The van der Waals surface area contributed by atoms with Crippen LogP contribution in [0.4, 0.5) is 0 Å². The molecule has 3 rings (SSSR count). The predicted molar refractivity (Wildman–Crippen MR) is 72.1 cm³/mol. The van der Waals surface area contributed by atoms with E-state index in [4.69, 9.17) is 0 Å². The van der Waals surface area contributed by atoms with Crippen molar-refractivity contribution in [1.82, 2.24) is 14.9 Å². The summed E-state index contributed by atoms with van der Waals surface area (Å²) in [5.41, 5.74) is 2.15. The highest BCUT2D eigenvalue weighted by molar-refractivity contribution is 5.19. The van der Waals surface area contributed by atoms with Crippen LogP contribution in [0, 0.1) is 11.3 Å². The Morgan fingerprint density at radius 3 is 2.84 bits per heavy atom. The fourth-order valence-electron chi connectivity index (χ4n) is 2.23. The topological polar surface area (TPSA) is 53.6 Å². The molecule has 1 fully saturated rings. The van der Waals surface area contributed by atoms with Gasteiger partial charge in [-0.1, -0.05) is 30.3 Å². The third-order valence-electron chi connectivity index (χ3n) is 3.41. The molecule has 1 heterocycles. The molecule has 4 nitrogen and oxygen atoms in total. The van der Waals surface area contributed by atoms with Gasteiger partial charge in [0.2, 0.25) is 0 Å². The molecular weight excluding hydrogens is 236 g/mol. The first-order valence-electron chi connectivity index (χ1n) is 6.57. The summed E-state index contributed by atoms with van der Waals surface area (Å²) in [5.74, 6) is 0. The van der Waals surface area contributed by atoms with Crippen molar-refractivity contribution in [1.29, 1.82) is 5.26 Å². The number of nitriles is 1. The van der Waals surface area contributed by atoms with Crippen molar-refractivity contribution in [3.05, 3.63) is 54.1 Å². The quantitative estimate of drug-likeness (QED) is 0.889. The predicted octanol–water partition coefficient (Wildman–Crippen LogP) is 2.57. The van der Waals surface area contributed by atoms with Crippen LogP contribution in [0.3, 0.4) is 0 Å². The van der Waals surface area contributed by atoms with E-state index >= 15 is 0 Å². The van der Waals surface area contributed by atoms with E-state index in [0.717, 1.165) is 5.69 Å². The van der Waals surface area contributed by atoms with Crippen molar-refractivity contribution < 1.29 is 0 Å². The van der Waals surface area contributed by atoms with Crippen molar-refractivity contribution in [2.24, 2.45) is 0 Å². The van der Waals surface area contributed by atoms with Crippen LogP contribution in [-0.4, -0.2) is 9.55 Å². The molecule has 0 saturated heterocycles. The second kappa shape index (κ2) is 5.25. The number of benzene rings is 1. The number of hydrogen-bond donors (Lipinski definition) is 1. The van der Waals surface area contributed by atoms with Gasteiger partial charge in [0.15, 0.2) is 0 Å². The fourth-order valence-corrected chi connectivity index (χ4v) is 2.23. The van der Waals surface area contributed by atoms with E-state index in [-0.39, 0.29) is 6.04 Å². The minimum Gasteiger partial charge on any atom is -0.329 e. The Hall–Kier alpha value is -2.12. The molecule has 2 aromatic rings. The van der Waals surface area contributed by atoms with Crippen molar-refractivity contribution in [3.8, 4) is 6.07 Å². The van der Waals surface area contributed by atoms with Crippen LogP contribution < -0.4 is 5.32 Å². The Balaban J connectivity index is 1.71. The molecule has 0 aliphatic heterocycles. The van der Waals surface area contributed by atoms with Gasteiger partial charge in [0.1, 0.15) is 6.04 Å². The van der Waals surface area contributed by atoms with Crippen LogP contribution in [0.1, 0.15) is 36.2 Å². The largest absolute Gasteiger partial charge is 0.329 e. The number of imidazole rings is 1. The molecule has 1 unspecified atom stereocenters. The minimum absolute atomic E-state index is 0.302. The zero-order valence-electron chi connectivity index (χ0n) is 10.7. The van der Waals surface area contributed by atoms with Crippen molar-refractivity contribution in [2.75, 3.05) is 0 Å². The van der Waals surface area contributed by atoms with E-state index in [1.165, 1.54) is 18.4 Å². The molecule has 1 aromatic heterocycles. The van der Waals surface area contributed by atoms with E-state index < -0.39 is 0 Å². The Kier molecular flexibility index (Phi) is 3.30. The molecule has 1 atom stereocenters. The molecule has 0 spiro atoms. The van der Waals surface area contributed by atoms with Crippen LogP contribution in [0.5, 0.6) is 0 Å². The molecule has 4 heteroatoms. The summed E-state index contributed by atoms with van der Waals surface area (Å²) in [6.07, 6.45) is 6.02. The highest BCUT2D eigenvalue weighted by atomic mass is 15.1. The summed E-state index contributed by atoms with van der Waals surface area (Å²) < 4.78 is 2.13. The van der Waals surface area contributed by atoms with Crippen LogP contribution in [-0.2, 0) is 6.54 Å². The lowest BCUT2D eigenvalue weighted by atomic mass is 10.2. The number of hydrogen-bond acceptors (Lipinski definition) is 3. The molecule has 1 aliphatic carbocycles. The number of nitrogens with zero attached hydrogens (tertiary/aromatic N) is 3. The lowest BCUT2D eigenvalue weighted by molar-refractivity contribution is 0.573. The Bertz CT molecular complexity index is 578. The number of rotatable bonds is 5. The summed E-state index contributed by atoms with van der Waals surface area (Å²) in [5, 5.41) is 12.6. The van der Waals surface area contributed by atoms with Gasteiger partial charge in [0.05, 0.1) is 24.3 Å². The monoisotopic (exact) mass is 252 g/mol. The maximum absolute atomic E-state index is 9.35. The van der Waals surface area contributed by atoms with Crippen LogP contribution in [0.25, 0.3) is 0 Å². The lowest BCUT2D eigenvalue weighted by Gasteiger charge is -2.14. The van der Waals surface area contributed by atoms with Crippen LogP contribution in [0.15, 0.2) is 42.9 Å². The smallest absolute Gasteiger partial charge is 0.138 e. The first-order chi connectivity index (χ1) is 9.38. The molecular formula is C15H16N4. The molecule has 0 bridgehead atoms. The van der Waals surface area contributed by atoms with Gasteiger partial charge in [0, 0.05) is 12.6 Å². The third kappa shape index (κ3) is 2.67. The number of aromatic nitrogens is 2. The van der Waals surface area contributed by atoms with Gasteiger partial charge in [-0.05, 0) is 18.4 Å². The van der Waals surface area contributed by atoms with Gasteiger partial charge in [-0.2, -0.15) is 5.26 Å². The average molecular weight is 252 g/mol. The second-order valence-corrected chi connectivity index (χ2v) is 4.89. The van der Waals surface area contributed by atoms with Crippen LogP contribution in [0.2, 0.25) is 0 Å². The van der Waals surface area contributed by atoms with Crippen molar-refractivity contribution in [2.45, 2.75) is 31.5 Å². The van der Waals surface area contributed by atoms with Gasteiger partial charge in [-0.3, -0.25) is 5.32 Å². The summed E-state index contributed by atoms with van der Waals surface area (Å²) in [6, 6.07) is 12.7. The molecule has 1 aromatic carbocycles. The SMILES string of the molecule is N#CC(NCc1ccccc1)c1cncn1C1CC1. The van der Waals surface area contributed by atoms with E-state index in [9.17, 15) is 5.26 Å². The van der Waals surface area contributed by atoms with E-state index in [0.29, 0.717) is 12.6 Å². The number of nitrogens with one attached hydrogen (secondary N) is 1. The zero-order valence-corrected chi connectivity index (χ0v) is 10.7. The summed E-state index contributed by atoms with van der Waals surface area (Å²) in [6.45, 7) is 0.689. The Labute approximate surface area is 112 Å². The van der Waals surface area contributed by atoms with Crippen LogP contribution >= 0.6 is 0 Å². The fraction of sp³-hybridized carbons (Fsp3) is 0.333. The van der Waals surface area contributed by atoms with Crippen molar-refractivity contribution >= 4 is 0 Å². The molecule has 1 aliphatic rings. The second-order valence-electron chi connectivity index (χ2n) is 4.89. The first-order valence-corrected chi connectivity index (χ1v) is 6.57. The summed E-state index contributed by atoms with van der Waals surface area (Å²) in [4.78, 5) is 4.18. The van der Waals surface area contributed by atoms with E-state index in [1.807, 2.05) is 24.5 Å². The molecule has 1 saturated carbocycles.